The molecule has 7 nitrogen and oxygen atoms in total. The minimum absolute atomic E-state index is 0.161. The number of alkyl halides is 3. The number of halogens is 3. The van der Waals surface area contributed by atoms with Crippen LogP contribution in [0.3, 0.4) is 0 Å². The smallest absolute Gasteiger partial charge is 0.475 e. The summed E-state index contributed by atoms with van der Waals surface area (Å²) in [6.45, 7) is 0.537. The maximum Gasteiger partial charge on any atom is 0.490 e. The van der Waals surface area contributed by atoms with Gasteiger partial charge in [0.25, 0.3) is 5.91 Å². The molecule has 1 amide bonds. The SMILES string of the molecule is O=C(NCCc1ccccn1)c1cc(-c2ccccc2)n[nH]1.O=C(O)C(F)(F)F. The third kappa shape index (κ3) is 7.09. The van der Waals surface area contributed by atoms with Gasteiger partial charge in [-0.25, -0.2) is 4.79 Å². The predicted octanol–water partition coefficient (Wildman–Crippen LogP) is 3.08. The summed E-state index contributed by atoms with van der Waals surface area (Å²) >= 11 is 0. The Morgan fingerprint density at radius 2 is 1.72 bits per heavy atom. The van der Waals surface area contributed by atoms with Crippen LogP contribution in [-0.2, 0) is 11.2 Å². The molecule has 3 aromatic rings. The summed E-state index contributed by atoms with van der Waals surface area (Å²) in [4.78, 5) is 25.2. The molecule has 3 rings (SSSR count). The monoisotopic (exact) mass is 406 g/mol. The molecule has 0 saturated heterocycles. The standard InChI is InChI=1S/C17H16N4O.C2HF3O2/c22-17(19-11-9-14-8-4-5-10-18-14)16-12-15(20-21-16)13-6-2-1-3-7-13;3-2(4,5)1(6)7/h1-8,10,12H,9,11H2,(H,19,22)(H,20,21);(H,6,7). The molecule has 2 heterocycles. The van der Waals surface area contributed by atoms with Gasteiger partial charge < -0.3 is 10.4 Å². The van der Waals surface area contributed by atoms with Crippen LogP contribution in [0.4, 0.5) is 13.2 Å². The van der Waals surface area contributed by atoms with E-state index in [-0.39, 0.29) is 5.91 Å². The lowest BCUT2D eigenvalue weighted by molar-refractivity contribution is -0.192. The highest BCUT2D eigenvalue weighted by atomic mass is 19.4. The van der Waals surface area contributed by atoms with Crippen LogP contribution in [-0.4, -0.2) is 44.9 Å². The van der Waals surface area contributed by atoms with E-state index in [1.54, 1.807) is 12.3 Å². The van der Waals surface area contributed by atoms with Gasteiger partial charge in [0.15, 0.2) is 0 Å². The van der Waals surface area contributed by atoms with Crippen molar-refractivity contribution in [3.8, 4) is 11.3 Å². The number of hydrogen-bond donors (Lipinski definition) is 3. The number of amides is 1. The predicted molar refractivity (Wildman–Crippen MR) is 98.0 cm³/mol. The average molecular weight is 406 g/mol. The van der Waals surface area contributed by atoms with Crippen LogP contribution in [0, 0.1) is 0 Å². The Kier molecular flexibility index (Phi) is 7.47. The molecule has 152 valence electrons. The van der Waals surface area contributed by atoms with Gasteiger partial charge >= 0.3 is 12.1 Å². The van der Waals surface area contributed by atoms with Crippen LogP contribution in [0.1, 0.15) is 16.2 Å². The highest BCUT2D eigenvalue weighted by Crippen LogP contribution is 2.16. The summed E-state index contributed by atoms with van der Waals surface area (Å²) in [6, 6.07) is 17.2. The molecule has 0 aliphatic heterocycles. The van der Waals surface area contributed by atoms with Crippen molar-refractivity contribution in [1.29, 1.82) is 0 Å². The van der Waals surface area contributed by atoms with E-state index in [9.17, 15) is 18.0 Å². The van der Waals surface area contributed by atoms with E-state index in [1.165, 1.54) is 0 Å². The van der Waals surface area contributed by atoms with Crippen LogP contribution >= 0.6 is 0 Å². The number of hydrogen-bond acceptors (Lipinski definition) is 4. The molecule has 0 saturated carbocycles. The molecule has 0 spiro atoms. The lowest BCUT2D eigenvalue weighted by Gasteiger charge is -2.02. The van der Waals surface area contributed by atoms with Gasteiger partial charge in [0.1, 0.15) is 5.69 Å². The number of nitrogens with one attached hydrogen (secondary N) is 2. The molecule has 0 aliphatic carbocycles. The van der Waals surface area contributed by atoms with E-state index in [0.29, 0.717) is 18.7 Å². The van der Waals surface area contributed by atoms with Crippen molar-refractivity contribution < 1.29 is 27.9 Å². The Morgan fingerprint density at radius 1 is 1.07 bits per heavy atom. The van der Waals surface area contributed by atoms with Crippen LogP contribution in [0.25, 0.3) is 11.3 Å². The van der Waals surface area contributed by atoms with E-state index >= 15 is 0 Å². The first-order valence-corrected chi connectivity index (χ1v) is 8.36. The second kappa shape index (κ2) is 10.0. The van der Waals surface area contributed by atoms with Crippen molar-refractivity contribution in [2.75, 3.05) is 6.54 Å². The summed E-state index contributed by atoms with van der Waals surface area (Å²) in [5.74, 6) is -2.92. The van der Waals surface area contributed by atoms with Crippen molar-refractivity contribution >= 4 is 11.9 Å². The maximum absolute atomic E-state index is 12.1. The van der Waals surface area contributed by atoms with Gasteiger partial charge in [-0.05, 0) is 18.2 Å². The molecule has 0 atom stereocenters. The number of carbonyl (C=O) groups excluding carboxylic acids is 1. The van der Waals surface area contributed by atoms with Crippen molar-refractivity contribution in [2.24, 2.45) is 0 Å². The number of pyridine rings is 1. The van der Waals surface area contributed by atoms with E-state index in [0.717, 1.165) is 17.0 Å². The molecule has 0 aliphatic rings. The van der Waals surface area contributed by atoms with Crippen LogP contribution in [0.5, 0.6) is 0 Å². The Hall–Kier alpha value is -3.69. The third-order valence-corrected chi connectivity index (χ3v) is 3.53. The fourth-order valence-corrected chi connectivity index (χ4v) is 2.14. The molecule has 1 aromatic carbocycles. The van der Waals surface area contributed by atoms with E-state index in [4.69, 9.17) is 9.90 Å². The van der Waals surface area contributed by atoms with Crippen molar-refractivity contribution in [3.63, 3.8) is 0 Å². The topological polar surface area (TPSA) is 108 Å². The summed E-state index contributed by atoms with van der Waals surface area (Å²) in [6.07, 6.45) is -2.63. The first-order chi connectivity index (χ1) is 13.8. The quantitative estimate of drug-likeness (QED) is 0.604. The lowest BCUT2D eigenvalue weighted by atomic mass is 10.1. The number of carbonyl (C=O) groups is 2. The fourth-order valence-electron chi connectivity index (χ4n) is 2.14. The average Bonchev–Trinajstić information content (AvgIpc) is 3.20. The van der Waals surface area contributed by atoms with Gasteiger partial charge in [0.2, 0.25) is 0 Å². The van der Waals surface area contributed by atoms with Gasteiger partial charge in [-0.1, -0.05) is 36.4 Å². The maximum atomic E-state index is 12.1. The summed E-state index contributed by atoms with van der Waals surface area (Å²) in [5.41, 5.74) is 3.15. The second-order valence-electron chi connectivity index (χ2n) is 5.66. The molecule has 0 radical (unpaired) electrons. The highest BCUT2D eigenvalue weighted by Gasteiger charge is 2.38. The number of H-pyrrole nitrogens is 1. The van der Waals surface area contributed by atoms with Crippen LogP contribution in [0.15, 0.2) is 60.8 Å². The Balaban J connectivity index is 0.000000370. The Morgan fingerprint density at radius 3 is 2.31 bits per heavy atom. The zero-order chi connectivity index (χ0) is 21.3. The molecular formula is C19H17F3N4O3. The summed E-state index contributed by atoms with van der Waals surface area (Å²) in [7, 11) is 0. The number of aliphatic carboxylic acids is 1. The molecule has 0 bridgehead atoms. The van der Waals surface area contributed by atoms with Crippen LogP contribution in [0.2, 0.25) is 0 Å². The van der Waals surface area contributed by atoms with Crippen molar-refractivity contribution in [2.45, 2.75) is 12.6 Å². The fraction of sp³-hybridized carbons (Fsp3) is 0.158. The number of aromatic amines is 1. The van der Waals surface area contributed by atoms with Crippen molar-refractivity contribution in [3.05, 3.63) is 72.2 Å². The normalized spacial score (nSPS) is 10.6. The van der Waals surface area contributed by atoms with Crippen molar-refractivity contribution in [1.82, 2.24) is 20.5 Å². The van der Waals surface area contributed by atoms with Gasteiger partial charge in [0, 0.05) is 30.4 Å². The van der Waals surface area contributed by atoms with Gasteiger partial charge in [0.05, 0.1) is 5.69 Å². The molecule has 10 heteroatoms. The number of aromatic nitrogens is 3. The summed E-state index contributed by atoms with van der Waals surface area (Å²) in [5, 5.41) is 16.9. The first kappa shape index (κ1) is 21.6. The van der Waals surface area contributed by atoms with Gasteiger partial charge in [-0.15, -0.1) is 0 Å². The molecule has 2 aromatic heterocycles. The Labute approximate surface area is 163 Å². The van der Waals surface area contributed by atoms with Gasteiger partial charge in [-0.3, -0.25) is 14.9 Å². The minimum Gasteiger partial charge on any atom is -0.475 e. The number of carboxylic acid groups (broad SMARTS) is 1. The number of nitrogens with zero attached hydrogens (tertiary/aromatic N) is 2. The number of benzene rings is 1. The largest absolute Gasteiger partial charge is 0.490 e. The van der Waals surface area contributed by atoms with E-state index in [1.807, 2.05) is 48.5 Å². The lowest BCUT2D eigenvalue weighted by Crippen LogP contribution is -2.26. The third-order valence-electron chi connectivity index (χ3n) is 3.53. The number of carboxylic acids is 1. The number of rotatable bonds is 5. The van der Waals surface area contributed by atoms with E-state index in [2.05, 4.69) is 20.5 Å². The molecular weight excluding hydrogens is 389 g/mol. The highest BCUT2D eigenvalue weighted by molar-refractivity contribution is 5.93. The Bertz CT molecular complexity index is 929. The minimum atomic E-state index is -5.08. The summed E-state index contributed by atoms with van der Waals surface area (Å²) < 4.78 is 31.7. The van der Waals surface area contributed by atoms with Crippen LogP contribution < -0.4 is 5.32 Å². The molecule has 29 heavy (non-hydrogen) atoms. The molecule has 0 fully saturated rings. The van der Waals surface area contributed by atoms with E-state index < -0.39 is 12.1 Å². The zero-order valence-corrected chi connectivity index (χ0v) is 15.0. The molecule has 0 unspecified atom stereocenters. The zero-order valence-electron chi connectivity index (χ0n) is 15.0. The molecule has 3 N–H and O–H groups in total. The first-order valence-electron chi connectivity index (χ1n) is 8.36. The second-order valence-corrected chi connectivity index (χ2v) is 5.66. The van der Waals surface area contributed by atoms with Gasteiger partial charge in [-0.2, -0.15) is 18.3 Å².